The van der Waals surface area contributed by atoms with Crippen LogP contribution in [-0.2, 0) is 4.79 Å². The number of benzene rings is 2. The van der Waals surface area contributed by atoms with Gasteiger partial charge in [-0.3, -0.25) is 14.5 Å². The Labute approximate surface area is 189 Å². The van der Waals surface area contributed by atoms with Gasteiger partial charge in [-0.2, -0.15) is 0 Å². The summed E-state index contributed by atoms with van der Waals surface area (Å²) in [6, 6.07) is 13.3. The highest BCUT2D eigenvalue weighted by molar-refractivity contribution is 5.94. The molecule has 32 heavy (non-hydrogen) atoms. The van der Waals surface area contributed by atoms with Crippen LogP contribution in [0, 0.1) is 5.82 Å². The molecule has 1 atom stereocenters. The van der Waals surface area contributed by atoms with E-state index in [1.165, 1.54) is 24.3 Å². The number of hydrogen-bond donors (Lipinski definition) is 1. The van der Waals surface area contributed by atoms with Crippen molar-refractivity contribution in [3.8, 4) is 5.75 Å². The molecule has 1 unspecified atom stereocenters. The summed E-state index contributed by atoms with van der Waals surface area (Å²) in [7, 11) is 0. The monoisotopic (exact) mass is 441 g/mol. The second kappa shape index (κ2) is 11.6. The molecule has 3 rings (SSSR count). The van der Waals surface area contributed by atoms with Gasteiger partial charge in [0.2, 0.25) is 5.91 Å². The van der Waals surface area contributed by atoms with Crippen LogP contribution in [-0.4, -0.2) is 60.9 Å². The predicted molar refractivity (Wildman–Crippen MR) is 122 cm³/mol. The van der Waals surface area contributed by atoms with Crippen LogP contribution in [0.15, 0.2) is 48.5 Å². The van der Waals surface area contributed by atoms with Gasteiger partial charge in [-0.25, -0.2) is 4.39 Å². The Morgan fingerprint density at radius 2 is 1.78 bits per heavy atom. The minimum Gasteiger partial charge on any atom is -0.494 e. The Morgan fingerprint density at radius 3 is 2.50 bits per heavy atom. The van der Waals surface area contributed by atoms with Crippen molar-refractivity contribution in [2.75, 3.05) is 39.3 Å². The van der Waals surface area contributed by atoms with Gasteiger partial charge in [-0.05, 0) is 50.1 Å². The molecule has 0 radical (unpaired) electrons. The first-order valence-corrected chi connectivity index (χ1v) is 11.3. The number of rotatable bonds is 8. The average molecular weight is 442 g/mol. The lowest BCUT2D eigenvalue weighted by Gasteiger charge is -2.24. The molecule has 1 saturated heterocycles. The summed E-state index contributed by atoms with van der Waals surface area (Å²) < 4.78 is 18.9. The minimum absolute atomic E-state index is 0.0403. The van der Waals surface area contributed by atoms with Crippen LogP contribution >= 0.6 is 0 Å². The van der Waals surface area contributed by atoms with Gasteiger partial charge in [-0.15, -0.1) is 0 Å². The van der Waals surface area contributed by atoms with E-state index in [1.807, 2.05) is 38.1 Å². The van der Waals surface area contributed by atoms with E-state index < -0.39 is 0 Å². The quantitative estimate of drug-likeness (QED) is 0.680. The van der Waals surface area contributed by atoms with Crippen LogP contribution < -0.4 is 10.1 Å². The van der Waals surface area contributed by atoms with E-state index in [9.17, 15) is 14.0 Å². The van der Waals surface area contributed by atoms with Gasteiger partial charge >= 0.3 is 0 Å². The molecule has 0 bridgehead atoms. The largest absolute Gasteiger partial charge is 0.494 e. The second-order valence-electron chi connectivity index (χ2n) is 7.93. The van der Waals surface area contributed by atoms with Crippen LogP contribution in [0.5, 0.6) is 5.75 Å². The maximum Gasteiger partial charge on any atom is 0.253 e. The van der Waals surface area contributed by atoms with E-state index in [0.29, 0.717) is 31.8 Å². The zero-order valence-electron chi connectivity index (χ0n) is 18.9. The van der Waals surface area contributed by atoms with Crippen LogP contribution in [0.1, 0.15) is 48.7 Å². The molecule has 0 spiro atoms. The van der Waals surface area contributed by atoms with Gasteiger partial charge in [0.05, 0.1) is 19.2 Å². The van der Waals surface area contributed by atoms with Crippen molar-refractivity contribution in [2.45, 2.75) is 32.7 Å². The smallest absolute Gasteiger partial charge is 0.253 e. The van der Waals surface area contributed by atoms with Crippen LogP contribution in [0.25, 0.3) is 0 Å². The summed E-state index contributed by atoms with van der Waals surface area (Å²) >= 11 is 0. The van der Waals surface area contributed by atoms with Gasteiger partial charge in [0, 0.05) is 37.3 Å². The average Bonchev–Trinajstić information content (AvgIpc) is 3.04. The number of amides is 2. The molecule has 1 N–H and O–H groups in total. The molecular formula is C25H32FN3O3. The zero-order valence-corrected chi connectivity index (χ0v) is 18.9. The van der Waals surface area contributed by atoms with Crippen molar-refractivity contribution < 1.29 is 18.7 Å². The normalized spacial score (nSPS) is 15.7. The lowest BCUT2D eigenvalue weighted by atomic mass is 10.0. The van der Waals surface area contributed by atoms with Crippen LogP contribution in [0.3, 0.4) is 0 Å². The topological polar surface area (TPSA) is 61.9 Å². The number of hydrogen-bond acceptors (Lipinski definition) is 4. The number of nitrogens with zero attached hydrogens (tertiary/aromatic N) is 2. The number of para-hydroxylation sites is 1. The molecule has 1 heterocycles. The van der Waals surface area contributed by atoms with E-state index in [4.69, 9.17) is 4.74 Å². The van der Waals surface area contributed by atoms with Gasteiger partial charge in [0.15, 0.2) is 0 Å². The number of carbonyl (C=O) groups excluding carboxylic acids is 2. The van der Waals surface area contributed by atoms with Gasteiger partial charge in [0.1, 0.15) is 11.6 Å². The summed E-state index contributed by atoms with van der Waals surface area (Å²) in [4.78, 5) is 29.4. The van der Waals surface area contributed by atoms with Crippen molar-refractivity contribution in [1.29, 1.82) is 0 Å². The SMILES string of the molecule is CCOc1ccccc1C(CC)NC(=O)CN1CCCN(C(=O)c2ccc(F)cc2)CC1. The zero-order chi connectivity index (χ0) is 22.9. The molecule has 0 aromatic heterocycles. The highest BCUT2D eigenvalue weighted by atomic mass is 19.1. The molecule has 172 valence electrons. The molecule has 0 saturated carbocycles. The summed E-state index contributed by atoms with van der Waals surface area (Å²) in [5, 5.41) is 3.14. The van der Waals surface area contributed by atoms with Crippen molar-refractivity contribution >= 4 is 11.8 Å². The Hall–Kier alpha value is -2.93. The van der Waals surface area contributed by atoms with E-state index in [2.05, 4.69) is 10.2 Å². The first-order chi connectivity index (χ1) is 15.5. The summed E-state index contributed by atoms with van der Waals surface area (Å²) in [5.74, 6) is 0.298. The van der Waals surface area contributed by atoms with Crippen molar-refractivity contribution in [3.05, 3.63) is 65.5 Å². The number of carbonyl (C=O) groups is 2. The summed E-state index contributed by atoms with van der Waals surface area (Å²) in [6.07, 6.45) is 1.54. The standard InChI is InChI=1S/C25H32FN3O3/c1-3-22(21-8-5-6-9-23(21)32-4-2)27-24(30)18-28-14-7-15-29(17-16-28)25(31)19-10-12-20(26)13-11-19/h5-6,8-13,22H,3-4,7,14-18H2,1-2H3,(H,27,30). The Morgan fingerprint density at radius 1 is 1.03 bits per heavy atom. The number of ether oxygens (including phenoxy) is 1. The van der Waals surface area contributed by atoms with Crippen molar-refractivity contribution in [2.24, 2.45) is 0 Å². The van der Waals surface area contributed by atoms with Gasteiger partial charge in [0.25, 0.3) is 5.91 Å². The van der Waals surface area contributed by atoms with Crippen LogP contribution in [0.2, 0.25) is 0 Å². The van der Waals surface area contributed by atoms with Crippen molar-refractivity contribution in [3.63, 3.8) is 0 Å². The first-order valence-electron chi connectivity index (χ1n) is 11.3. The Bertz CT molecular complexity index is 904. The van der Waals surface area contributed by atoms with E-state index >= 15 is 0 Å². The molecule has 1 fully saturated rings. The molecular weight excluding hydrogens is 409 g/mol. The van der Waals surface area contributed by atoms with Crippen LogP contribution in [0.4, 0.5) is 4.39 Å². The third-order valence-corrected chi connectivity index (χ3v) is 5.67. The Kier molecular flexibility index (Phi) is 8.62. The van der Waals surface area contributed by atoms with E-state index in [0.717, 1.165) is 30.7 Å². The lowest BCUT2D eigenvalue weighted by Crippen LogP contribution is -2.41. The maximum absolute atomic E-state index is 13.1. The highest BCUT2D eigenvalue weighted by Crippen LogP contribution is 2.27. The molecule has 7 heteroatoms. The second-order valence-corrected chi connectivity index (χ2v) is 7.93. The summed E-state index contributed by atoms with van der Waals surface area (Å²) in [5.41, 5.74) is 1.47. The Balaban J connectivity index is 1.55. The highest BCUT2D eigenvalue weighted by Gasteiger charge is 2.23. The molecule has 2 aromatic carbocycles. The van der Waals surface area contributed by atoms with E-state index in [-0.39, 0.29) is 30.2 Å². The fourth-order valence-electron chi connectivity index (χ4n) is 4.01. The maximum atomic E-state index is 13.1. The summed E-state index contributed by atoms with van der Waals surface area (Å²) in [6.45, 7) is 7.35. The molecule has 6 nitrogen and oxygen atoms in total. The molecule has 1 aliphatic rings. The third kappa shape index (κ3) is 6.29. The molecule has 1 aliphatic heterocycles. The predicted octanol–water partition coefficient (Wildman–Crippen LogP) is 3.64. The van der Waals surface area contributed by atoms with Crippen molar-refractivity contribution in [1.82, 2.24) is 15.1 Å². The first kappa shape index (κ1) is 23.7. The number of halogens is 1. The molecule has 0 aliphatic carbocycles. The number of nitrogens with one attached hydrogen (secondary N) is 1. The molecule has 2 amide bonds. The minimum atomic E-state index is -0.358. The molecule has 2 aromatic rings. The van der Waals surface area contributed by atoms with E-state index in [1.54, 1.807) is 4.90 Å². The van der Waals surface area contributed by atoms with Gasteiger partial charge < -0.3 is 15.0 Å². The lowest BCUT2D eigenvalue weighted by molar-refractivity contribution is -0.123. The fourth-order valence-corrected chi connectivity index (χ4v) is 4.01. The fraction of sp³-hybridized carbons (Fsp3) is 0.440. The third-order valence-electron chi connectivity index (χ3n) is 5.67. The van der Waals surface area contributed by atoms with Gasteiger partial charge in [-0.1, -0.05) is 25.1 Å².